The molecule has 4 fully saturated rings. The maximum absolute atomic E-state index is 14.2. The smallest absolute Gasteiger partial charge is 0.254 e. The average molecular weight is 1090 g/mol. The van der Waals surface area contributed by atoms with Gasteiger partial charge in [0, 0.05) is 87.0 Å². The molecule has 1 saturated carbocycles. The second-order valence-corrected chi connectivity index (χ2v) is 22.0. The number of β-amino-alcohol motifs (C(OH)–C–C–N with tert-alkyl or cyclic N) is 1. The highest BCUT2D eigenvalue weighted by molar-refractivity contribution is 7.13. The number of carbonyl (C=O) groups is 2. The van der Waals surface area contributed by atoms with Crippen molar-refractivity contribution < 1.29 is 38.5 Å². The van der Waals surface area contributed by atoms with Crippen LogP contribution in [0.5, 0.6) is 23.3 Å². The molecule has 1 aliphatic carbocycles. The van der Waals surface area contributed by atoms with E-state index >= 15 is 0 Å². The molecule has 2 aromatic carbocycles. The molecule has 7 aromatic rings. The number of phenolic OH excluding ortho intramolecular Hbond substituents is 1. The van der Waals surface area contributed by atoms with E-state index in [1.54, 1.807) is 35.7 Å². The Hall–Kier alpha value is -8.28. The van der Waals surface area contributed by atoms with Crippen LogP contribution in [0.3, 0.4) is 0 Å². The Labute approximate surface area is 462 Å². The number of nitrogens with one attached hydrogen (secondary N) is 1. The first kappa shape index (κ1) is 52.8. The molecule has 4 aliphatic rings. The number of phenols is 1. The van der Waals surface area contributed by atoms with E-state index in [-0.39, 0.29) is 79.3 Å². The number of piperazine rings is 1. The van der Waals surface area contributed by atoms with Crippen molar-refractivity contribution in [1.29, 1.82) is 0 Å². The van der Waals surface area contributed by atoms with E-state index in [1.807, 2.05) is 100 Å². The number of thiazole rings is 1. The molecule has 0 spiro atoms. The van der Waals surface area contributed by atoms with Crippen LogP contribution >= 0.6 is 11.3 Å². The molecule has 8 heterocycles. The van der Waals surface area contributed by atoms with Crippen molar-refractivity contribution in [3.8, 4) is 56.8 Å². The highest BCUT2D eigenvalue weighted by Crippen LogP contribution is 2.41. The Morgan fingerprint density at radius 2 is 1.68 bits per heavy atom. The number of ether oxygens (including phenoxy) is 3. The first-order chi connectivity index (χ1) is 38.3. The summed E-state index contributed by atoms with van der Waals surface area (Å²) in [5.41, 5.74) is 14.8. The van der Waals surface area contributed by atoms with Crippen LogP contribution in [-0.2, 0) is 9.59 Å². The summed E-state index contributed by atoms with van der Waals surface area (Å²) >= 11 is 1.58. The van der Waals surface area contributed by atoms with Crippen molar-refractivity contribution in [2.75, 3.05) is 41.8 Å². The van der Waals surface area contributed by atoms with Crippen molar-refractivity contribution in [3.63, 3.8) is 0 Å². The molecular weight excluding hydrogens is 1020 g/mol. The number of hydrogen-bond donors (Lipinski definition) is 4. The van der Waals surface area contributed by atoms with E-state index in [9.17, 15) is 19.8 Å². The lowest BCUT2D eigenvalue weighted by Gasteiger charge is -2.43. The third-order valence-electron chi connectivity index (χ3n) is 15.3. The molecular formula is C59H63N11O8S. The first-order valence-corrected chi connectivity index (χ1v) is 27.8. The molecule has 408 valence electrons. The topological polar surface area (TPSA) is 241 Å². The number of aliphatic hydroxyl groups is 1. The van der Waals surface area contributed by atoms with Gasteiger partial charge in [-0.1, -0.05) is 56.2 Å². The van der Waals surface area contributed by atoms with Crippen LogP contribution in [0.2, 0.25) is 0 Å². The minimum atomic E-state index is -0.851. The predicted molar refractivity (Wildman–Crippen MR) is 298 cm³/mol. The molecule has 6 atom stereocenters. The number of para-hydroxylation sites is 1. The van der Waals surface area contributed by atoms with Gasteiger partial charge in [0.1, 0.15) is 48.0 Å². The zero-order valence-corrected chi connectivity index (χ0v) is 45.3. The SMILES string of the molecule is Cc1ncsc1-c1ccc([C@H](C)NC(=O)[C@@H]2C[C@@H](O)CN2C(=O)[C@H](c2cc(OCCC#Cc3ccc(OC4CC(Oc5cc(N6C7CCC6CN(c6cc(-c8ccccc8O)nnc6N)C7)ccn5)C4)cn3)no2)C(C)C)cc1. The van der Waals surface area contributed by atoms with Crippen molar-refractivity contribution in [1.82, 2.24) is 40.5 Å². The summed E-state index contributed by atoms with van der Waals surface area (Å²) in [6, 6.07) is 25.8. The molecule has 79 heavy (non-hydrogen) atoms. The number of pyridine rings is 2. The summed E-state index contributed by atoms with van der Waals surface area (Å²) in [6.45, 7) is 9.48. The van der Waals surface area contributed by atoms with Crippen LogP contribution in [-0.4, -0.2) is 120 Å². The highest BCUT2D eigenvalue weighted by atomic mass is 32.1. The Morgan fingerprint density at radius 3 is 2.42 bits per heavy atom. The molecule has 2 amide bonds. The minimum Gasteiger partial charge on any atom is -0.507 e. The number of amides is 2. The molecule has 5 N–H and O–H groups in total. The van der Waals surface area contributed by atoms with Gasteiger partial charge in [0.05, 0.1) is 45.8 Å². The highest BCUT2D eigenvalue weighted by Gasteiger charge is 2.44. The van der Waals surface area contributed by atoms with Crippen LogP contribution in [0.4, 0.5) is 17.2 Å². The van der Waals surface area contributed by atoms with Crippen LogP contribution in [0.1, 0.15) is 94.0 Å². The lowest BCUT2D eigenvalue weighted by molar-refractivity contribution is -0.141. The summed E-state index contributed by atoms with van der Waals surface area (Å²) in [5.74, 6) is 6.83. The number of fused-ring (bicyclic) bond motifs is 2. The molecule has 19 nitrogen and oxygen atoms in total. The minimum absolute atomic E-state index is 0.0132. The van der Waals surface area contributed by atoms with Crippen molar-refractivity contribution in [2.24, 2.45) is 5.92 Å². The Bertz CT molecular complexity index is 3340. The van der Waals surface area contributed by atoms with Gasteiger partial charge in [-0.05, 0) is 91.2 Å². The number of rotatable bonds is 17. The summed E-state index contributed by atoms with van der Waals surface area (Å²) in [5, 5.41) is 36.8. The Balaban J connectivity index is 0.614. The normalized spacial score (nSPS) is 21.2. The van der Waals surface area contributed by atoms with Crippen LogP contribution in [0, 0.1) is 24.7 Å². The fourth-order valence-corrected chi connectivity index (χ4v) is 12.0. The second-order valence-electron chi connectivity index (χ2n) is 21.1. The Kier molecular flexibility index (Phi) is 15.3. The van der Waals surface area contributed by atoms with Gasteiger partial charge in [0.25, 0.3) is 5.88 Å². The summed E-state index contributed by atoms with van der Waals surface area (Å²) < 4.78 is 24.1. The number of nitrogens with zero attached hydrogens (tertiary/aromatic N) is 9. The number of likely N-dealkylation sites (tertiary alicyclic amines) is 1. The number of benzene rings is 2. The number of aromatic hydroxyl groups is 1. The zero-order valence-electron chi connectivity index (χ0n) is 44.4. The number of nitrogen functional groups attached to an aromatic ring is 1. The summed E-state index contributed by atoms with van der Waals surface area (Å²) in [4.78, 5) is 48.6. The van der Waals surface area contributed by atoms with Crippen molar-refractivity contribution in [2.45, 2.75) is 115 Å². The number of carbonyl (C=O) groups excluding carboxylic acids is 2. The number of aryl methyl sites for hydroxylation is 1. The van der Waals surface area contributed by atoms with E-state index in [4.69, 9.17) is 24.5 Å². The second kappa shape index (κ2) is 23.0. The van der Waals surface area contributed by atoms with Crippen LogP contribution in [0.15, 0.2) is 107 Å². The van der Waals surface area contributed by atoms with Gasteiger partial charge in [-0.15, -0.1) is 21.5 Å². The number of hydrogen-bond acceptors (Lipinski definition) is 18. The molecule has 2 bridgehead atoms. The Morgan fingerprint density at radius 1 is 0.899 bits per heavy atom. The number of anilines is 3. The first-order valence-electron chi connectivity index (χ1n) is 26.9. The lowest BCUT2D eigenvalue weighted by atomic mass is 9.91. The van der Waals surface area contributed by atoms with Gasteiger partial charge in [-0.3, -0.25) is 9.59 Å². The monoisotopic (exact) mass is 1090 g/mol. The quantitative estimate of drug-likeness (QED) is 0.0501. The van der Waals surface area contributed by atoms with Gasteiger partial charge in [0.15, 0.2) is 11.6 Å². The predicted octanol–water partition coefficient (Wildman–Crippen LogP) is 7.89. The third kappa shape index (κ3) is 11.6. The van der Waals surface area contributed by atoms with Gasteiger partial charge in [0.2, 0.25) is 17.7 Å². The van der Waals surface area contributed by atoms with Gasteiger partial charge >= 0.3 is 0 Å². The molecule has 2 unspecified atom stereocenters. The largest absolute Gasteiger partial charge is 0.507 e. The third-order valence-corrected chi connectivity index (χ3v) is 16.3. The number of aromatic nitrogens is 6. The molecule has 5 aromatic heterocycles. The summed E-state index contributed by atoms with van der Waals surface area (Å²) in [6.07, 6.45) is 6.66. The van der Waals surface area contributed by atoms with E-state index in [0.717, 1.165) is 71.8 Å². The zero-order chi connectivity index (χ0) is 54.7. The van der Waals surface area contributed by atoms with Crippen LogP contribution < -0.4 is 35.1 Å². The standard InChI is InChI=1S/C59H63N11O8S/c1-34(2)55(59(74)69-32-43(71)24-50(69)58(73)64-35(3)37-12-14-38(15-13-37)56-36(4)63-33-79-56)52-28-54(67-78-52)75-22-8-7-9-39-16-19-44(29-62-39)76-45-25-46(26-45)77-53-23-40(20-21-61-53)70-41-17-18-42(70)31-68(30-41)49-27-48(65-66-57(49)60)47-10-5-6-11-51(47)72/h5-6,10-16,19-21,23,27-29,33-35,41-43,45-46,50,55,71-72H,8,17-18,22,24-26,30-32H2,1-4H3,(H2,60,66)(H,64,73)/t35-,41?,42?,43+,45?,46?,50-,55-/m0/s1. The van der Waals surface area contributed by atoms with E-state index < -0.39 is 18.1 Å². The van der Waals surface area contributed by atoms with E-state index in [2.05, 4.69) is 63.3 Å². The van der Waals surface area contributed by atoms with E-state index in [1.165, 1.54) is 4.90 Å². The molecule has 3 saturated heterocycles. The van der Waals surface area contributed by atoms with Gasteiger partial charge in [-0.25, -0.2) is 15.0 Å². The molecule has 20 heteroatoms. The fraction of sp³-hybridized carbons (Fsp3) is 0.390. The van der Waals surface area contributed by atoms with Crippen LogP contribution in [0.25, 0.3) is 21.7 Å². The fourth-order valence-electron chi connectivity index (χ4n) is 11.2. The lowest BCUT2D eigenvalue weighted by Crippen LogP contribution is -2.54. The summed E-state index contributed by atoms with van der Waals surface area (Å²) in [7, 11) is 0. The van der Waals surface area contributed by atoms with Gasteiger partial charge < -0.3 is 54.7 Å². The van der Waals surface area contributed by atoms with E-state index in [0.29, 0.717) is 46.6 Å². The molecule has 11 rings (SSSR count). The maximum atomic E-state index is 14.2. The molecule has 3 aliphatic heterocycles. The number of nitrogens with two attached hydrogens (primary N) is 1. The molecule has 0 radical (unpaired) electrons. The van der Waals surface area contributed by atoms with Crippen molar-refractivity contribution >= 4 is 40.3 Å². The maximum Gasteiger partial charge on any atom is 0.254 e. The van der Waals surface area contributed by atoms with Gasteiger partial charge in [-0.2, -0.15) is 0 Å². The van der Waals surface area contributed by atoms with Crippen molar-refractivity contribution in [3.05, 3.63) is 126 Å². The number of aliphatic hydroxyl groups excluding tert-OH is 1. The average Bonchev–Trinajstić information content (AvgIpc) is 4.40.